The Bertz CT molecular complexity index is 595. The van der Waals surface area contributed by atoms with Gasteiger partial charge in [-0.2, -0.15) is 0 Å². The summed E-state index contributed by atoms with van der Waals surface area (Å²) in [5, 5.41) is 3.06. The second-order valence-corrected chi connectivity index (χ2v) is 5.46. The summed E-state index contributed by atoms with van der Waals surface area (Å²) in [6.45, 7) is 0. The number of halogens is 2. The van der Waals surface area contributed by atoms with E-state index < -0.39 is 0 Å². The molecule has 0 unspecified atom stereocenters. The highest BCUT2D eigenvalue weighted by molar-refractivity contribution is 5.94. The van der Waals surface area contributed by atoms with Gasteiger partial charge in [0.1, 0.15) is 12.1 Å². The molecule has 2 aromatic heterocycles. The van der Waals surface area contributed by atoms with Gasteiger partial charge >= 0.3 is 0 Å². The van der Waals surface area contributed by atoms with Crippen molar-refractivity contribution >= 4 is 30.7 Å². The number of imidazole rings is 1. The molecule has 0 atom stereocenters. The van der Waals surface area contributed by atoms with Gasteiger partial charge in [-0.15, -0.1) is 24.8 Å². The number of nitrogens with zero attached hydrogens (tertiary/aromatic N) is 3. The SMILES string of the molecule is Cl.Cl.NC1CCC(NC(=O)c2ccc(-n3ccnc3)nc2)CC1. The highest BCUT2D eigenvalue weighted by atomic mass is 35.5. The first kappa shape index (κ1) is 19.4. The normalized spacial score (nSPS) is 20.0. The van der Waals surface area contributed by atoms with Crippen LogP contribution in [0.3, 0.4) is 0 Å². The van der Waals surface area contributed by atoms with Crippen LogP contribution < -0.4 is 11.1 Å². The molecule has 2 aromatic rings. The summed E-state index contributed by atoms with van der Waals surface area (Å²) >= 11 is 0. The predicted octanol–water partition coefficient (Wildman–Crippen LogP) is 2.11. The van der Waals surface area contributed by atoms with Crippen molar-refractivity contribution in [1.29, 1.82) is 0 Å². The van der Waals surface area contributed by atoms with Crippen molar-refractivity contribution in [3.05, 3.63) is 42.6 Å². The van der Waals surface area contributed by atoms with Crippen LogP contribution in [0.1, 0.15) is 36.0 Å². The third-order valence-electron chi connectivity index (χ3n) is 3.89. The van der Waals surface area contributed by atoms with E-state index in [4.69, 9.17) is 5.73 Å². The molecule has 2 heterocycles. The van der Waals surface area contributed by atoms with Gasteiger partial charge in [0.15, 0.2) is 0 Å². The number of pyridine rings is 1. The molecule has 6 nitrogen and oxygen atoms in total. The Balaban J connectivity index is 0.00000132. The van der Waals surface area contributed by atoms with E-state index in [0.29, 0.717) is 5.56 Å². The Labute approximate surface area is 147 Å². The van der Waals surface area contributed by atoms with E-state index in [1.54, 1.807) is 29.4 Å². The fourth-order valence-corrected chi connectivity index (χ4v) is 2.60. The maximum absolute atomic E-state index is 12.2. The van der Waals surface area contributed by atoms with Crippen LogP contribution in [0.25, 0.3) is 5.82 Å². The second-order valence-electron chi connectivity index (χ2n) is 5.46. The van der Waals surface area contributed by atoms with Crippen molar-refractivity contribution in [3.8, 4) is 5.82 Å². The van der Waals surface area contributed by atoms with Crippen LogP contribution in [-0.4, -0.2) is 32.5 Å². The molecular formula is C15H21Cl2N5O. The minimum atomic E-state index is -0.0693. The van der Waals surface area contributed by atoms with E-state index in [9.17, 15) is 4.79 Å². The molecule has 3 N–H and O–H groups in total. The van der Waals surface area contributed by atoms with Crippen LogP contribution in [0.15, 0.2) is 37.1 Å². The van der Waals surface area contributed by atoms with E-state index in [-0.39, 0.29) is 42.8 Å². The molecule has 0 saturated heterocycles. The van der Waals surface area contributed by atoms with Crippen LogP contribution in [-0.2, 0) is 0 Å². The molecule has 23 heavy (non-hydrogen) atoms. The largest absolute Gasteiger partial charge is 0.349 e. The number of nitrogens with one attached hydrogen (secondary N) is 1. The van der Waals surface area contributed by atoms with E-state index >= 15 is 0 Å². The lowest BCUT2D eigenvalue weighted by molar-refractivity contribution is 0.0925. The fourth-order valence-electron chi connectivity index (χ4n) is 2.60. The Kier molecular flexibility index (Phi) is 7.48. The molecule has 1 saturated carbocycles. The summed E-state index contributed by atoms with van der Waals surface area (Å²) < 4.78 is 1.80. The second kappa shape index (κ2) is 8.86. The van der Waals surface area contributed by atoms with Gasteiger partial charge in [-0.3, -0.25) is 9.36 Å². The average molecular weight is 358 g/mol. The Morgan fingerprint density at radius 3 is 2.52 bits per heavy atom. The first-order valence-electron chi connectivity index (χ1n) is 7.23. The summed E-state index contributed by atoms with van der Waals surface area (Å²) in [7, 11) is 0. The fraction of sp³-hybridized carbons (Fsp3) is 0.400. The highest BCUT2D eigenvalue weighted by Gasteiger charge is 2.20. The number of carbonyl (C=O) groups excluding carboxylic acids is 1. The quantitative estimate of drug-likeness (QED) is 0.880. The summed E-state index contributed by atoms with van der Waals surface area (Å²) in [5.74, 6) is 0.674. The maximum atomic E-state index is 12.2. The van der Waals surface area contributed by atoms with Gasteiger partial charge in [-0.05, 0) is 37.8 Å². The summed E-state index contributed by atoms with van der Waals surface area (Å²) in [6.07, 6.45) is 10.6. The lowest BCUT2D eigenvalue weighted by Gasteiger charge is -2.26. The van der Waals surface area contributed by atoms with Crippen LogP contribution in [0.4, 0.5) is 0 Å². The molecule has 0 bridgehead atoms. The molecule has 3 rings (SSSR count). The molecule has 0 spiro atoms. The lowest BCUT2D eigenvalue weighted by Crippen LogP contribution is -2.40. The molecule has 0 aliphatic heterocycles. The number of aromatic nitrogens is 3. The van der Waals surface area contributed by atoms with Crippen molar-refractivity contribution in [2.24, 2.45) is 5.73 Å². The summed E-state index contributed by atoms with van der Waals surface area (Å²) in [5.41, 5.74) is 6.45. The Morgan fingerprint density at radius 2 is 1.96 bits per heavy atom. The molecule has 1 fully saturated rings. The average Bonchev–Trinajstić information content (AvgIpc) is 3.04. The number of amides is 1. The predicted molar refractivity (Wildman–Crippen MR) is 93.6 cm³/mol. The number of hydrogen-bond donors (Lipinski definition) is 2. The van der Waals surface area contributed by atoms with E-state index in [1.165, 1.54) is 0 Å². The van der Waals surface area contributed by atoms with Crippen LogP contribution in [0.2, 0.25) is 0 Å². The van der Waals surface area contributed by atoms with Crippen LogP contribution >= 0.6 is 24.8 Å². The van der Waals surface area contributed by atoms with Crippen molar-refractivity contribution in [2.45, 2.75) is 37.8 Å². The number of nitrogens with two attached hydrogens (primary N) is 1. The molecular weight excluding hydrogens is 337 g/mol. The molecule has 0 aromatic carbocycles. The standard InChI is InChI=1S/C15H19N5O.2ClH/c16-12-2-4-13(5-3-12)19-15(21)11-1-6-14(18-9-11)20-8-7-17-10-20;;/h1,6-10,12-13H,2-5,16H2,(H,19,21);2*1H. The number of rotatable bonds is 3. The van der Waals surface area contributed by atoms with Crippen molar-refractivity contribution in [2.75, 3.05) is 0 Å². The van der Waals surface area contributed by atoms with Gasteiger partial charge < -0.3 is 11.1 Å². The molecule has 1 aliphatic rings. The smallest absolute Gasteiger partial charge is 0.253 e. The first-order valence-corrected chi connectivity index (χ1v) is 7.23. The monoisotopic (exact) mass is 357 g/mol. The molecule has 126 valence electrons. The van der Waals surface area contributed by atoms with Gasteiger partial charge in [0.05, 0.1) is 5.56 Å². The van der Waals surface area contributed by atoms with Gasteiger partial charge in [0, 0.05) is 30.7 Å². The van der Waals surface area contributed by atoms with E-state index in [2.05, 4.69) is 15.3 Å². The van der Waals surface area contributed by atoms with Crippen molar-refractivity contribution in [1.82, 2.24) is 19.9 Å². The Morgan fingerprint density at radius 1 is 1.22 bits per heavy atom. The van der Waals surface area contributed by atoms with E-state index in [1.807, 2.05) is 12.3 Å². The van der Waals surface area contributed by atoms with E-state index in [0.717, 1.165) is 31.5 Å². The minimum Gasteiger partial charge on any atom is -0.349 e. The zero-order valence-electron chi connectivity index (χ0n) is 12.6. The molecule has 1 aliphatic carbocycles. The molecule has 1 amide bonds. The highest BCUT2D eigenvalue weighted by Crippen LogP contribution is 2.17. The molecule has 0 radical (unpaired) electrons. The first-order chi connectivity index (χ1) is 10.2. The third kappa shape index (κ3) is 4.92. The van der Waals surface area contributed by atoms with Crippen LogP contribution in [0.5, 0.6) is 0 Å². The zero-order chi connectivity index (χ0) is 14.7. The number of hydrogen-bond acceptors (Lipinski definition) is 4. The zero-order valence-corrected chi connectivity index (χ0v) is 14.2. The van der Waals surface area contributed by atoms with Crippen LogP contribution in [0, 0.1) is 0 Å². The van der Waals surface area contributed by atoms with Crippen molar-refractivity contribution in [3.63, 3.8) is 0 Å². The third-order valence-corrected chi connectivity index (χ3v) is 3.89. The minimum absolute atomic E-state index is 0. The summed E-state index contributed by atoms with van der Waals surface area (Å²) in [6, 6.07) is 4.11. The van der Waals surface area contributed by atoms with Crippen molar-refractivity contribution < 1.29 is 4.79 Å². The number of carbonyl (C=O) groups is 1. The maximum Gasteiger partial charge on any atom is 0.253 e. The Hall–Kier alpha value is -1.63. The van der Waals surface area contributed by atoms with Gasteiger partial charge in [0.2, 0.25) is 0 Å². The van der Waals surface area contributed by atoms with Gasteiger partial charge in [-0.25, -0.2) is 9.97 Å². The molecule has 8 heteroatoms. The topological polar surface area (TPSA) is 85.8 Å². The summed E-state index contributed by atoms with van der Waals surface area (Å²) in [4.78, 5) is 20.5. The van der Waals surface area contributed by atoms with Gasteiger partial charge in [-0.1, -0.05) is 0 Å². The lowest BCUT2D eigenvalue weighted by atomic mass is 9.92. The van der Waals surface area contributed by atoms with Gasteiger partial charge in [0.25, 0.3) is 5.91 Å².